The predicted molar refractivity (Wildman–Crippen MR) is 99.2 cm³/mol. The van der Waals surface area contributed by atoms with Gasteiger partial charge in [-0.2, -0.15) is 0 Å². The van der Waals surface area contributed by atoms with E-state index < -0.39 is 5.60 Å². The summed E-state index contributed by atoms with van der Waals surface area (Å²) in [5.74, 6) is 1.48. The molecule has 5 rings (SSSR count). The zero-order valence-electron chi connectivity index (χ0n) is 15.6. The van der Waals surface area contributed by atoms with Gasteiger partial charge in [-0.15, -0.1) is 0 Å². The molecule has 1 amide bonds. The van der Waals surface area contributed by atoms with E-state index in [1.54, 1.807) is 6.20 Å². The summed E-state index contributed by atoms with van der Waals surface area (Å²) in [5, 5.41) is 0. The maximum Gasteiger partial charge on any atom is 0.255 e. The fraction of sp³-hybridized carbons (Fsp3) is 0.524. The van der Waals surface area contributed by atoms with Crippen LogP contribution in [-0.4, -0.2) is 38.8 Å². The number of fused-ring (bicyclic) bond motifs is 2. The molecule has 0 aromatic carbocycles. The van der Waals surface area contributed by atoms with Crippen LogP contribution in [0.15, 0.2) is 24.5 Å². The quantitative estimate of drug-likeness (QED) is 0.819. The molecule has 0 bridgehead atoms. The fourth-order valence-electron chi connectivity index (χ4n) is 4.52. The minimum Gasteiger partial charge on any atom is -0.360 e. The monoisotopic (exact) mass is 364 g/mol. The zero-order valence-corrected chi connectivity index (χ0v) is 15.6. The highest BCUT2D eigenvalue weighted by Gasteiger charge is 2.52. The molecule has 6 heteroatoms. The number of amides is 1. The standard InChI is InChI=1S/C21H24N4O2/c1-14-7-8-16(9-22-14)20(26)25-12-21(13-25)17-10-23-19(24-18(17)11-27-21)15-5-3-2-4-6-15/h7-10,15H,2-6,11-13H2,1H3. The third-order valence-corrected chi connectivity index (χ3v) is 6.17. The van der Waals surface area contributed by atoms with Crippen LogP contribution in [0.5, 0.6) is 0 Å². The smallest absolute Gasteiger partial charge is 0.255 e. The number of hydrogen-bond acceptors (Lipinski definition) is 5. The van der Waals surface area contributed by atoms with E-state index in [1.807, 2.05) is 30.2 Å². The van der Waals surface area contributed by atoms with Gasteiger partial charge in [-0.1, -0.05) is 19.3 Å². The molecule has 1 aliphatic carbocycles. The van der Waals surface area contributed by atoms with Crippen molar-refractivity contribution in [2.45, 2.75) is 57.2 Å². The van der Waals surface area contributed by atoms with Gasteiger partial charge in [-0.3, -0.25) is 9.78 Å². The van der Waals surface area contributed by atoms with Gasteiger partial charge in [0.15, 0.2) is 0 Å². The largest absolute Gasteiger partial charge is 0.360 e. The molecule has 6 nitrogen and oxygen atoms in total. The third kappa shape index (κ3) is 2.83. The van der Waals surface area contributed by atoms with Crippen molar-refractivity contribution in [1.82, 2.24) is 19.9 Å². The van der Waals surface area contributed by atoms with Crippen molar-refractivity contribution in [3.63, 3.8) is 0 Å². The number of carbonyl (C=O) groups excluding carboxylic acids is 1. The average Bonchev–Trinajstić information content (AvgIpc) is 3.06. The van der Waals surface area contributed by atoms with Crippen LogP contribution >= 0.6 is 0 Å². The van der Waals surface area contributed by atoms with Crippen LogP contribution in [0.3, 0.4) is 0 Å². The van der Waals surface area contributed by atoms with E-state index in [4.69, 9.17) is 9.72 Å². The lowest BCUT2D eigenvalue weighted by Crippen LogP contribution is -2.61. The Morgan fingerprint density at radius 3 is 2.70 bits per heavy atom. The first-order chi connectivity index (χ1) is 13.1. The number of likely N-dealkylation sites (tertiary alicyclic amines) is 1. The molecule has 0 unspecified atom stereocenters. The minimum atomic E-state index is -0.422. The van der Waals surface area contributed by atoms with Crippen molar-refractivity contribution in [3.05, 3.63) is 52.9 Å². The molecule has 2 aromatic rings. The lowest BCUT2D eigenvalue weighted by molar-refractivity contribution is -0.126. The van der Waals surface area contributed by atoms with E-state index in [-0.39, 0.29) is 5.91 Å². The molecule has 140 valence electrons. The SMILES string of the molecule is Cc1ccc(C(=O)N2CC3(C2)OCc2nc(C4CCCCC4)ncc23)cn1. The maximum absolute atomic E-state index is 12.7. The number of hydrogen-bond donors (Lipinski definition) is 0. The highest BCUT2D eigenvalue weighted by atomic mass is 16.5. The van der Waals surface area contributed by atoms with Crippen molar-refractivity contribution in [2.75, 3.05) is 13.1 Å². The zero-order chi connectivity index (χ0) is 18.4. The van der Waals surface area contributed by atoms with Gasteiger partial charge >= 0.3 is 0 Å². The molecule has 2 aromatic heterocycles. The summed E-state index contributed by atoms with van der Waals surface area (Å²) in [7, 11) is 0. The highest BCUT2D eigenvalue weighted by Crippen LogP contribution is 2.43. The molecular formula is C21H24N4O2. The Labute approximate surface area is 159 Å². The number of rotatable bonds is 2. The number of aryl methyl sites for hydroxylation is 1. The lowest BCUT2D eigenvalue weighted by Gasteiger charge is -2.47. The van der Waals surface area contributed by atoms with E-state index in [2.05, 4.69) is 9.97 Å². The van der Waals surface area contributed by atoms with Gasteiger partial charge in [-0.25, -0.2) is 9.97 Å². The van der Waals surface area contributed by atoms with E-state index >= 15 is 0 Å². The summed E-state index contributed by atoms with van der Waals surface area (Å²) >= 11 is 0. The van der Waals surface area contributed by atoms with Gasteiger partial charge in [0.25, 0.3) is 5.91 Å². The van der Waals surface area contributed by atoms with Gasteiger partial charge in [0.2, 0.25) is 0 Å². The summed E-state index contributed by atoms with van der Waals surface area (Å²) in [6.07, 6.45) is 9.86. The molecule has 2 aliphatic heterocycles. The minimum absolute atomic E-state index is 0.00455. The second-order valence-electron chi connectivity index (χ2n) is 8.06. The molecule has 0 N–H and O–H groups in total. The number of ether oxygens (including phenoxy) is 1. The summed E-state index contributed by atoms with van der Waals surface area (Å²) in [5.41, 5.74) is 3.18. The Morgan fingerprint density at radius 2 is 1.96 bits per heavy atom. The maximum atomic E-state index is 12.7. The Bertz CT molecular complexity index is 868. The van der Waals surface area contributed by atoms with Crippen molar-refractivity contribution in [2.24, 2.45) is 0 Å². The number of aromatic nitrogens is 3. The third-order valence-electron chi connectivity index (χ3n) is 6.17. The van der Waals surface area contributed by atoms with Crippen LogP contribution < -0.4 is 0 Å². The molecule has 1 saturated carbocycles. The van der Waals surface area contributed by atoms with Crippen LogP contribution in [0.25, 0.3) is 0 Å². The van der Waals surface area contributed by atoms with E-state index in [1.165, 1.54) is 32.1 Å². The molecule has 27 heavy (non-hydrogen) atoms. The van der Waals surface area contributed by atoms with Gasteiger partial charge in [0, 0.05) is 29.6 Å². The summed E-state index contributed by atoms with van der Waals surface area (Å²) < 4.78 is 6.11. The van der Waals surface area contributed by atoms with E-state index in [0.29, 0.717) is 31.2 Å². The molecule has 0 radical (unpaired) electrons. The molecule has 0 atom stereocenters. The molecule has 1 spiro atoms. The number of carbonyl (C=O) groups is 1. The first-order valence-corrected chi connectivity index (χ1v) is 9.87. The average molecular weight is 364 g/mol. The molecule has 2 fully saturated rings. The first kappa shape index (κ1) is 16.8. The molecule has 1 saturated heterocycles. The first-order valence-electron chi connectivity index (χ1n) is 9.87. The normalized spacial score (nSPS) is 21.1. The molecular weight excluding hydrogens is 340 g/mol. The van der Waals surface area contributed by atoms with Crippen LogP contribution in [0.1, 0.15) is 71.2 Å². The van der Waals surface area contributed by atoms with Gasteiger partial charge in [0.1, 0.15) is 11.4 Å². The van der Waals surface area contributed by atoms with Crippen LogP contribution in [0.2, 0.25) is 0 Å². The van der Waals surface area contributed by atoms with Gasteiger partial charge in [-0.05, 0) is 31.9 Å². The van der Waals surface area contributed by atoms with Crippen molar-refractivity contribution in [1.29, 1.82) is 0 Å². The topological polar surface area (TPSA) is 68.2 Å². The Kier molecular flexibility index (Phi) is 3.97. The van der Waals surface area contributed by atoms with Crippen LogP contribution in [-0.2, 0) is 16.9 Å². The predicted octanol–water partition coefficient (Wildman–Crippen LogP) is 3.11. The summed E-state index contributed by atoms with van der Waals surface area (Å²) in [4.78, 5) is 28.2. The molecule has 4 heterocycles. The Balaban J connectivity index is 1.31. The number of nitrogens with zero attached hydrogens (tertiary/aromatic N) is 4. The summed E-state index contributed by atoms with van der Waals surface area (Å²) in [6.45, 7) is 3.54. The fourth-order valence-corrected chi connectivity index (χ4v) is 4.52. The number of pyridine rings is 1. The second kappa shape index (κ2) is 6.37. The van der Waals surface area contributed by atoms with Gasteiger partial charge in [0.05, 0.1) is 31.0 Å². The van der Waals surface area contributed by atoms with Gasteiger partial charge < -0.3 is 9.64 Å². The molecule has 3 aliphatic rings. The van der Waals surface area contributed by atoms with E-state index in [9.17, 15) is 4.79 Å². The van der Waals surface area contributed by atoms with E-state index in [0.717, 1.165) is 22.8 Å². The Morgan fingerprint density at radius 1 is 1.15 bits per heavy atom. The Hall–Kier alpha value is -2.34. The lowest BCUT2D eigenvalue weighted by atomic mass is 9.86. The van der Waals surface area contributed by atoms with Crippen LogP contribution in [0, 0.1) is 6.92 Å². The van der Waals surface area contributed by atoms with Crippen molar-refractivity contribution >= 4 is 5.91 Å². The summed E-state index contributed by atoms with van der Waals surface area (Å²) in [6, 6.07) is 3.70. The van der Waals surface area contributed by atoms with Crippen LogP contribution in [0.4, 0.5) is 0 Å². The highest BCUT2D eigenvalue weighted by molar-refractivity contribution is 5.94. The van der Waals surface area contributed by atoms with Crippen molar-refractivity contribution in [3.8, 4) is 0 Å². The van der Waals surface area contributed by atoms with Crippen molar-refractivity contribution < 1.29 is 9.53 Å². The second-order valence-corrected chi connectivity index (χ2v) is 8.06.